The molecule has 0 N–H and O–H groups in total. The van der Waals surface area contributed by atoms with Gasteiger partial charge in [0, 0.05) is 14.2 Å². The number of hydrogen-bond donors (Lipinski definition) is 0. The molecule has 2 aliphatic rings. The summed E-state index contributed by atoms with van der Waals surface area (Å²) in [6.07, 6.45) is 3.85. The number of ether oxygens (including phenoxy) is 2. The lowest BCUT2D eigenvalue weighted by molar-refractivity contribution is 0.167. The van der Waals surface area contributed by atoms with Gasteiger partial charge in [0.25, 0.3) is 0 Å². The van der Waals surface area contributed by atoms with Crippen molar-refractivity contribution in [1.82, 2.24) is 0 Å². The smallest absolute Gasteiger partial charge is 0.0865 e. The number of thioether (sulfide) groups is 4. The van der Waals surface area contributed by atoms with Crippen LogP contribution in [0.25, 0.3) is 0 Å². The lowest BCUT2D eigenvalue weighted by atomic mass is 10.2. The third-order valence-corrected chi connectivity index (χ3v) is 9.84. The molecule has 0 aromatic rings. The maximum Gasteiger partial charge on any atom is 0.0865 e. The van der Waals surface area contributed by atoms with E-state index < -0.39 is 0 Å². The van der Waals surface area contributed by atoms with Crippen molar-refractivity contribution >= 4 is 47.0 Å². The fourth-order valence-electron chi connectivity index (χ4n) is 2.56. The van der Waals surface area contributed by atoms with Crippen LogP contribution in [0, 0.1) is 0 Å². The molecular formula is C13H24O2S4. The van der Waals surface area contributed by atoms with Crippen molar-refractivity contribution in [3.8, 4) is 0 Å². The highest BCUT2D eigenvalue weighted by Crippen LogP contribution is 2.55. The summed E-state index contributed by atoms with van der Waals surface area (Å²) >= 11 is 8.44. The van der Waals surface area contributed by atoms with E-state index in [1.54, 1.807) is 0 Å². The number of methoxy groups -OCH3 is 2. The fourth-order valence-corrected chi connectivity index (χ4v) is 9.80. The molecule has 0 saturated carbocycles. The molecule has 112 valence electrons. The van der Waals surface area contributed by atoms with Crippen molar-refractivity contribution in [2.75, 3.05) is 50.4 Å². The highest BCUT2D eigenvalue weighted by atomic mass is 32.2. The molecule has 0 aliphatic carbocycles. The van der Waals surface area contributed by atoms with Gasteiger partial charge in [0.1, 0.15) is 0 Å². The molecule has 0 unspecified atom stereocenters. The molecule has 2 fully saturated rings. The summed E-state index contributed by atoms with van der Waals surface area (Å²) in [5.41, 5.74) is 0. The van der Waals surface area contributed by atoms with E-state index in [0.717, 1.165) is 13.2 Å². The van der Waals surface area contributed by atoms with Crippen LogP contribution >= 0.6 is 47.0 Å². The first-order valence-electron chi connectivity index (χ1n) is 6.78. The van der Waals surface area contributed by atoms with Crippen LogP contribution in [0.5, 0.6) is 0 Å². The number of hydrogen-bond acceptors (Lipinski definition) is 6. The van der Waals surface area contributed by atoms with E-state index in [1.807, 2.05) is 14.2 Å². The molecule has 0 amide bonds. The van der Waals surface area contributed by atoms with Crippen LogP contribution in [0.4, 0.5) is 0 Å². The molecule has 0 atom stereocenters. The zero-order valence-electron chi connectivity index (χ0n) is 11.8. The largest absolute Gasteiger partial charge is 0.382 e. The molecule has 2 heterocycles. The Bertz CT molecular complexity index is 226. The van der Waals surface area contributed by atoms with Gasteiger partial charge in [-0.25, -0.2) is 0 Å². The molecule has 0 aromatic heterocycles. The molecule has 0 aromatic carbocycles. The summed E-state index contributed by atoms with van der Waals surface area (Å²) in [7, 11) is 3.67. The molecular weight excluding hydrogens is 316 g/mol. The number of rotatable bonds is 6. The molecule has 19 heavy (non-hydrogen) atoms. The van der Waals surface area contributed by atoms with E-state index in [1.165, 1.54) is 42.3 Å². The Morgan fingerprint density at radius 1 is 0.737 bits per heavy atom. The van der Waals surface area contributed by atoms with Gasteiger partial charge in [-0.15, -0.1) is 47.0 Å². The summed E-state index contributed by atoms with van der Waals surface area (Å²) in [6.45, 7) is 1.71. The van der Waals surface area contributed by atoms with Crippen molar-refractivity contribution in [3.63, 3.8) is 0 Å². The van der Waals surface area contributed by atoms with E-state index >= 15 is 0 Å². The van der Waals surface area contributed by atoms with E-state index in [2.05, 4.69) is 47.0 Å². The normalized spacial score (nSPS) is 26.2. The van der Waals surface area contributed by atoms with Gasteiger partial charge in [-0.2, -0.15) is 0 Å². The minimum absolute atomic E-state index is 0.239. The van der Waals surface area contributed by atoms with Gasteiger partial charge in [-0.3, -0.25) is 0 Å². The van der Waals surface area contributed by atoms with E-state index in [-0.39, 0.29) is 8.16 Å². The first-order chi connectivity index (χ1) is 9.24. The third kappa shape index (κ3) is 4.65. The zero-order chi connectivity index (χ0) is 13.6. The molecule has 0 bridgehead atoms. The van der Waals surface area contributed by atoms with Gasteiger partial charge < -0.3 is 9.47 Å². The van der Waals surface area contributed by atoms with Gasteiger partial charge in [0.05, 0.1) is 21.4 Å². The Labute approximate surface area is 134 Å². The first kappa shape index (κ1) is 16.7. The second-order valence-corrected chi connectivity index (χ2v) is 11.4. The third-order valence-electron chi connectivity index (χ3n) is 3.30. The zero-order valence-corrected chi connectivity index (χ0v) is 15.1. The summed E-state index contributed by atoms with van der Waals surface area (Å²) < 4.78 is 11.6. The second kappa shape index (κ2) is 8.08. The van der Waals surface area contributed by atoms with E-state index in [9.17, 15) is 0 Å². The summed E-state index contributed by atoms with van der Waals surface area (Å²) in [4.78, 5) is 0. The highest BCUT2D eigenvalue weighted by Gasteiger charge is 2.45. The molecule has 2 aliphatic heterocycles. The fraction of sp³-hybridized carbons (Fsp3) is 1.00. The van der Waals surface area contributed by atoms with Gasteiger partial charge in [0.15, 0.2) is 0 Å². The standard InChI is InChI=1S/C13H24O2S4/c1-14-10-12(16-5-3-6-17-12)9-13(11-15-2)18-7-4-8-19-13/h3-11H2,1-2H3. The van der Waals surface area contributed by atoms with Crippen molar-refractivity contribution in [1.29, 1.82) is 0 Å². The van der Waals surface area contributed by atoms with Crippen molar-refractivity contribution in [2.45, 2.75) is 27.4 Å². The Morgan fingerprint density at radius 2 is 1.11 bits per heavy atom. The maximum atomic E-state index is 5.55. The van der Waals surface area contributed by atoms with Crippen LogP contribution in [0.15, 0.2) is 0 Å². The molecule has 0 radical (unpaired) electrons. The van der Waals surface area contributed by atoms with Crippen LogP contribution in [0.2, 0.25) is 0 Å². The molecule has 2 rings (SSSR count). The summed E-state index contributed by atoms with van der Waals surface area (Å²) in [6, 6.07) is 0. The predicted octanol–water partition coefficient (Wildman–Crippen LogP) is 3.80. The first-order valence-corrected chi connectivity index (χ1v) is 10.7. The van der Waals surface area contributed by atoms with Crippen LogP contribution in [0.3, 0.4) is 0 Å². The molecule has 6 heteroatoms. The van der Waals surface area contributed by atoms with E-state index in [0.29, 0.717) is 0 Å². The quantitative estimate of drug-likeness (QED) is 0.727. The molecule has 2 saturated heterocycles. The maximum absolute atomic E-state index is 5.55. The topological polar surface area (TPSA) is 18.5 Å². The van der Waals surface area contributed by atoms with Crippen LogP contribution in [-0.2, 0) is 9.47 Å². The van der Waals surface area contributed by atoms with Crippen molar-refractivity contribution < 1.29 is 9.47 Å². The van der Waals surface area contributed by atoms with Gasteiger partial charge >= 0.3 is 0 Å². The molecule has 2 nitrogen and oxygen atoms in total. The van der Waals surface area contributed by atoms with Gasteiger partial charge in [0.2, 0.25) is 0 Å². The van der Waals surface area contributed by atoms with Crippen LogP contribution in [-0.4, -0.2) is 58.6 Å². The minimum atomic E-state index is 0.239. The Morgan fingerprint density at radius 3 is 1.42 bits per heavy atom. The summed E-state index contributed by atoms with van der Waals surface area (Å²) in [5.74, 6) is 5.09. The summed E-state index contributed by atoms with van der Waals surface area (Å²) in [5, 5.41) is 0. The highest BCUT2D eigenvalue weighted by molar-refractivity contribution is 8.20. The van der Waals surface area contributed by atoms with E-state index in [4.69, 9.17) is 9.47 Å². The minimum Gasteiger partial charge on any atom is -0.382 e. The lowest BCUT2D eigenvalue weighted by Gasteiger charge is -2.44. The lowest BCUT2D eigenvalue weighted by Crippen LogP contribution is -2.42. The predicted molar refractivity (Wildman–Crippen MR) is 92.9 cm³/mol. The molecule has 0 spiro atoms. The average molecular weight is 341 g/mol. The van der Waals surface area contributed by atoms with Crippen LogP contribution in [0.1, 0.15) is 19.3 Å². The second-order valence-electron chi connectivity index (χ2n) is 4.97. The van der Waals surface area contributed by atoms with Crippen molar-refractivity contribution in [2.24, 2.45) is 0 Å². The SMILES string of the molecule is COCC1(CC2(COC)SCCCS2)SCCCS1. The average Bonchev–Trinajstić information content (AvgIpc) is 2.41. The monoisotopic (exact) mass is 340 g/mol. The van der Waals surface area contributed by atoms with Crippen molar-refractivity contribution in [3.05, 3.63) is 0 Å². The van der Waals surface area contributed by atoms with Gasteiger partial charge in [-0.05, 0) is 42.3 Å². The Balaban J connectivity index is 2.07. The van der Waals surface area contributed by atoms with Gasteiger partial charge in [-0.1, -0.05) is 0 Å². The Kier molecular flexibility index (Phi) is 7.10. The Hall–Kier alpha value is 1.32. The van der Waals surface area contributed by atoms with Crippen LogP contribution < -0.4 is 0 Å².